The van der Waals surface area contributed by atoms with Gasteiger partial charge < -0.3 is 10.6 Å². The Bertz CT molecular complexity index is 548. The second-order valence-corrected chi connectivity index (χ2v) is 4.77. The quantitative estimate of drug-likeness (QED) is 0.846. The molecule has 18 heavy (non-hydrogen) atoms. The van der Waals surface area contributed by atoms with E-state index in [0.717, 1.165) is 30.3 Å². The predicted molar refractivity (Wildman–Crippen MR) is 69.6 cm³/mol. The Morgan fingerprint density at radius 2 is 2.28 bits per heavy atom. The van der Waals surface area contributed by atoms with E-state index in [1.807, 2.05) is 17.5 Å². The zero-order chi connectivity index (χ0) is 12.5. The molecule has 0 bridgehead atoms. The van der Waals surface area contributed by atoms with E-state index in [9.17, 15) is 0 Å². The van der Waals surface area contributed by atoms with E-state index in [-0.39, 0.29) is 0 Å². The van der Waals surface area contributed by atoms with Crippen molar-refractivity contribution in [2.75, 3.05) is 18.0 Å². The van der Waals surface area contributed by atoms with Crippen LogP contribution in [0.2, 0.25) is 0 Å². The Labute approximate surface area is 106 Å². The molecule has 0 radical (unpaired) electrons. The third kappa shape index (κ3) is 1.73. The number of aromatic nitrogens is 4. The molecule has 0 spiro atoms. The molecule has 0 aliphatic carbocycles. The maximum Gasteiger partial charge on any atom is 0.203 e. The minimum Gasteiger partial charge on any atom is -0.349 e. The van der Waals surface area contributed by atoms with E-state index in [4.69, 9.17) is 5.73 Å². The summed E-state index contributed by atoms with van der Waals surface area (Å²) in [4.78, 5) is 6.77. The lowest BCUT2D eigenvalue weighted by atomic mass is 10.0. The molecule has 1 saturated heterocycles. The van der Waals surface area contributed by atoms with E-state index in [1.54, 1.807) is 6.20 Å². The average Bonchev–Trinajstić information content (AvgIpc) is 2.81. The summed E-state index contributed by atoms with van der Waals surface area (Å²) in [6.45, 7) is 3.61. The van der Waals surface area contributed by atoms with Crippen molar-refractivity contribution in [3.63, 3.8) is 0 Å². The highest BCUT2D eigenvalue weighted by molar-refractivity contribution is 5.64. The molecule has 3 heterocycles. The number of hydrogen-bond acceptors (Lipinski definition) is 5. The van der Waals surface area contributed by atoms with Gasteiger partial charge in [0.05, 0.1) is 0 Å². The van der Waals surface area contributed by atoms with Crippen molar-refractivity contribution in [1.82, 2.24) is 19.6 Å². The predicted octanol–water partition coefficient (Wildman–Crippen LogP) is 0.750. The maximum absolute atomic E-state index is 5.87. The van der Waals surface area contributed by atoms with Gasteiger partial charge in [-0.25, -0.2) is 4.98 Å². The summed E-state index contributed by atoms with van der Waals surface area (Å²) in [5.41, 5.74) is 6.70. The lowest BCUT2D eigenvalue weighted by Gasteiger charge is -2.35. The first-order valence-electron chi connectivity index (χ1n) is 6.44. The van der Waals surface area contributed by atoms with Gasteiger partial charge in [-0.05, 0) is 26.2 Å². The first-order chi connectivity index (χ1) is 8.81. The van der Waals surface area contributed by atoms with Crippen LogP contribution in [0.5, 0.6) is 0 Å². The van der Waals surface area contributed by atoms with Crippen molar-refractivity contribution in [3.8, 4) is 0 Å². The number of rotatable bonds is 2. The zero-order valence-electron chi connectivity index (χ0n) is 10.6. The first kappa shape index (κ1) is 11.4. The Morgan fingerprint density at radius 3 is 3.11 bits per heavy atom. The number of piperidine rings is 1. The molecule has 0 saturated carbocycles. The Hall–Kier alpha value is -1.69. The van der Waals surface area contributed by atoms with Crippen LogP contribution in [0.25, 0.3) is 5.65 Å². The summed E-state index contributed by atoms with van der Waals surface area (Å²) in [7, 11) is 0. The van der Waals surface area contributed by atoms with Crippen LogP contribution in [0.15, 0.2) is 12.4 Å². The van der Waals surface area contributed by atoms with Crippen LogP contribution in [0.1, 0.15) is 25.1 Å². The monoisotopic (exact) mass is 246 g/mol. The third-order valence-corrected chi connectivity index (χ3v) is 3.65. The van der Waals surface area contributed by atoms with Crippen LogP contribution in [0.4, 0.5) is 5.82 Å². The average molecular weight is 246 g/mol. The molecule has 96 valence electrons. The summed E-state index contributed by atoms with van der Waals surface area (Å²) in [5, 5.41) is 8.35. The number of nitrogens with zero attached hydrogens (tertiary/aromatic N) is 5. The van der Waals surface area contributed by atoms with Crippen molar-refractivity contribution in [1.29, 1.82) is 0 Å². The van der Waals surface area contributed by atoms with Gasteiger partial charge in [0.25, 0.3) is 0 Å². The molecular formula is C12H18N6. The van der Waals surface area contributed by atoms with Crippen molar-refractivity contribution in [3.05, 3.63) is 18.2 Å². The molecule has 3 rings (SSSR count). The van der Waals surface area contributed by atoms with Crippen LogP contribution in [0.3, 0.4) is 0 Å². The molecule has 2 N–H and O–H groups in total. The number of fused-ring (bicyclic) bond motifs is 1. The molecule has 1 aliphatic rings. The maximum atomic E-state index is 5.87. The molecule has 0 amide bonds. The van der Waals surface area contributed by atoms with Gasteiger partial charge in [0.15, 0.2) is 5.82 Å². The zero-order valence-corrected chi connectivity index (χ0v) is 10.6. The van der Waals surface area contributed by atoms with Crippen molar-refractivity contribution < 1.29 is 0 Å². The molecule has 1 aliphatic heterocycles. The molecule has 1 unspecified atom stereocenters. The molecule has 0 aromatic carbocycles. The SMILES string of the molecule is Cc1nnc2c(N3CCCCC3CN)nccn12. The normalized spacial score (nSPS) is 20.6. The van der Waals surface area contributed by atoms with Gasteiger partial charge in [0.2, 0.25) is 5.65 Å². The molecule has 6 nitrogen and oxygen atoms in total. The van der Waals surface area contributed by atoms with Gasteiger partial charge in [-0.1, -0.05) is 0 Å². The summed E-state index contributed by atoms with van der Waals surface area (Å²) < 4.78 is 1.98. The minimum atomic E-state index is 0.370. The van der Waals surface area contributed by atoms with Gasteiger partial charge in [-0.15, -0.1) is 10.2 Å². The largest absolute Gasteiger partial charge is 0.349 e. The van der Waals surface area contributed by atoms with Crippen molar-refractivity contribution in [2.24, 2.45) is 5.73 Å². The van der Waals surface area contributed by atoms with E-state index in [1.165, 1.54) is 12.8 Å². The van der Waals surface area contributed by atoms with Gasteiger partial charge >= 0.3 is 0 Å². The second-order valence-electron chi connectivity index (χ2n) is 4.77. The summed E-state index contributed by atoms with van der Waals surface area (Å²) in [6.07, 6.45) is 7.27. The van der Waals surface area contributed by atoms with Gasteiger partial charge in [0.1, 0.15) is 5.82 Å². The number of anilines is 1. The number of nitrogens with two attached hydrogens (primary N) is 1. The first-order valence-corrected chi connectivity index (χ1v) is 6.44. The van der Waals surface area contributed by atoms with Gasteiger partial charge in [-0.2, -0.15) is 0 Å². The van der Waals surface area contributed by atoms with Gasteiger partial charge in [0, 0.05) is 31.5 Å². The molecule has 6 heteroatoms. The van der Waals surface area contributed by atoms with Crippen molar-refractivity contribution >= 4 is 11.5 Å². The Kier molecular flexibility index (Phi) is 2.87. The van der Waals surface area contributed by atoms with E-state index in [0.29, 0.717) is 12.6 Å². The summed E-state index contributed by atoms with van der Waals surface area (Å²) in [6, 6.07) is 0.370. The van der Waals surface area contributed by atoms with E-state index >= 15 is 0 Å². The third-order valence-electron chi connectivity index (χ3n) is 3.65. The fraction of sp³-hybridized carbons (Fsp3) is 0.583. The van der Waals surface area contributed by atoms with Crippen LogP contribution in [-0.2, 0) is 0 Å². The molecule has 1 atom stereocenters. The standard InChI is InChI=1S/C12H18N6/c1-9-15-16-12-11(14-5-7-17(9)12)18-6-3-2-4-10(18)8-13/h5,7,10H,2-4,6,8,13H2,1H3. The topological polar surface area (TPSA) is 72.3 Å². The fourth-order valence-corrected chi connectivity index (χ4v) is 2.66. The van der Waals surface area contributed by atoms with Crippen LogP contribution >= 0.6 is 0 Å². The Morgan fingerprint density at radius 1 is 1.39 bits per heavy atom. The summed E-state index contributed by atoms with van der Waals surface area (Å²) >= 11 is 0. The summed E-state index contributed by atoms with van der Waals surface area (Å²) in [5.74, 6) is 1.79. The lowest BCUT2D eigenvalue weighted by molar-refractivity contribution is 0.462. The fourth-order valence-electron chi connectivity index (χ4n) is 2.66. The molecular weight excluding hydrogens is 228 g/mol. The minimum absolute atomic E-state index is 0.370. The van der Waals surface area contributed by atoms with Crippen LogP contribution in [-0.4, -0.2) is 38.7 Å². The molecule has 1 fully saturated rings. The van der Waals surface area contributed by atoms with E-state index in [2.05, 4.69) is 20.1 Å². The number of hydrogen-bond donors (Lipinski definition) is 1. The highest BCUT2D eigenvalue weighted by Crippen LogP contribution is 2.25. The number of aryl methyl sites for hydroxylation is 1. The van der Waals surface area contributed by atoms with Gasteiger partial charge in [-0.3, -0.25) is 4.40 Å². The van der Waals surface area contributed by atoms with Crippen LogP contribution < -0.4 is 10.6 Å². The highest BCUT2D eigenvalue weighted by Gasteiger charge is 2.25. The second kappa shape index (κ2) is 4.53. The lowest BCUT2D eigenvalue weighted by Crippen LogP contribution is -2.44. The van der Waals surface area contributed by atoms with Crippen molar-refractivity contribution in [2.45, 2.75) is 32.2 Å². The Balaban J connectivity index is 2.07. The smallest absolute Gasteiger partial charge is 0.203 e. The van der Waals surface area contributed by atoms with E-state index < -0.39 is 0 Å². The highest BCUT2D eigenvalue weighted by atomic mass is 15.3. The van der Waals surface area contributed by atoms with Crippen LogP contribution in [0, 0.1) is 6.92 Å². The molecule has 2 aromatic heterocycles. The molecule has 2 aromatic rings.